The highest BCUT2D eigenvalue weighted by Crippen LogP contribution is 2.38. The minimum Gasteiger partial charge on any atom is -0.462 e. The van der Waals surface area contributed by atoms with Crippen molar-refractivity contribution in [3.8, 4) is 11.4 Å². The molecule has 2 heterocycles. The van der Waals surface area contributed by atoms with Gasteiger partial charge in [-0.25, -0.2) is 14.6 Å². The Balaban J connectivity index is 1.30. The lowest BCUT2D eigenvalue weighted by Gasteiger charge is -2.14. The van der Waals surface area contributed by atoms with Gasteiger partial charge in [-0.1, -0.05) is 36.2 Å². The Hall–Kier alpha value is -3.98. The van der Waals surface area contributed by atoms with E-state index in [1.807, 2.05) is 31.2 Å². The van der Waals surface area contributed by atoms with Crippen LogP contribution >= 0.6 is 11.3 Å². The van der Waals surface area contributed by atoms with Crippen LogP contribution in [-0.2, 0) is 27.1 Å². The zero-order valence-electron chi connectivity index (χ0n) is 22.3. The number of fused-ring (bicyclic) bond motifs is 2. The summed E-state index contributed by atoms with van der Waals surface area (Å²) in [6.07, 6.45) is 3.72. The lowest BCUT2D eigenvalue weighted by atomic mass is 10.1. The van der Waals surface area contributed by atoms with Crippen molar-refractivity contribution < 1.29 is 23.9 Å². The smallest absolute Gasteiger partial charge is 0.341 e. The molecule has 2 aromatic carbocycles. The Labute approximate surface area is 230 Å². The number of amides is 1. The van der Waals surface area contributed by atoms with E-state index in [1.54, 1.807) is 25.1 Å². The first-order valence-corrected chi connectivity index (χ1v) is 14.1. The number of anilines is 1. The number of ether oxygens (including phenoxy) is 2. The van der Waals surface area contributed by atoms with Crippen LogP contribution in [0.3, 0.4) is 0 Å². The fraction of sp³-hybridized carbons (Fsp3) is 0.333. The zero-order chi connectivity index (χ0) is 27.5. The van der Waals surface area contributed by atoms with Crippen molar-refractivity contribution in [2.24, 2.45) is 0 Å². The van der Waals surface area contributed by atoms with Crippen LogP contribution in [0.25, 0.3) is 22.4 Å². The number of rotatable bonds is 7. The highest BCUT2D eigenvalue weighted by molar-refractivity contribution is 7.17. The Kier molecular flexibility index (Phi) is 7.79. The van der Waals surface area contributed by atoms with Crippen LogP contribution < -0.4 is 5.32 Å². The minimum atomic E-state index is -1.07. The fourth-order valence-corrected chi connectivity index (χ4v) is 6.01. The third-order valence-electron chi connectivity index (χ3n) is 6.83. The summed E-state index contributed by atoms with van der Waals surface area (Å²) >= 11 is 1.41. The van der Waals surface area contributed by atoms with Crippen LogP contribution in [0.1, 0.15) is 69.8 Å². The number of esters is 2. The number of thiophene rings is 1. The third kappa shape index (κ3) is 5.73. The van der Waals surface area contributed by atoms with E-state index in [9.17, 15) is 14.4 Å². The number of aromatic amines is 1. The van der Waals surface area contributed by atoms with Crippen LogP contribution in [0.15, 0.2) is 42.5 Å². The van der Waals surface area contributed by atoms with Crippen molar-refractivity contribution in [1.29, 1.82) is 0 Å². The molecule has 0 saturated carbocycles. The first-order chi connectivity index (χ1) is 18.8. The fourth-order valence-electron chi connectivity index (χ4n) is 4.73. The minimum absolute atomic E-state index is 0.248. The quantitative estimate of drug-likeness (QED) is 0.210. The second kappa shape index (κ2) is 11.4. The molecule has 0 saturated heterocycles. The van der Waals surface area contributed by atoms with E-state index >= 15 is 0 Å². The van der Waals surface area contributed by atoms with Gasteiger partial charge in [0.2, 0.25) is 0 Å². The molecule has 9 heteroatoms. The summed E-state index contributed by atoms with van der Waals surface area (Å²) in [6.45, 7) is 5.54. The van der Waals surface area contributed by atoms with Crippen LogP contribution in [0.5, 0.6) is 0 Å². The summed E-state index contributed by atoms with van der Waals surface area (Å²) in [6, 6.07) is 13.0. The number of imidazole rings is 1. The zero-order valence-corrected chi connectivity index (χ0v) is 23.1. The normalized spacial score (nSPS) is 13.8. The monoisotopic (exact) mass is 545 g/mol. The maximum Gasteiger partial charge on any atom is 0.341 e. The molecular formula is C30H31N3O5S. The summed E-state index contributed by atoms with van der Waals surface area (Å²) in [5.74, 6) is -0.863. The predicted molar refractivity (Wildman–Crippen MR) is 151 cm³/mol. The molecule has 1 unspecified atom stereocenters. The molecule has 5 rings (SSSR count). The molecular weight excluding hydrogens is 514 g/mol. The maximum absolute atomic E-state index is 13.0. The molecule has 0 radical (unpaired) electrons. The van der Waals surface area contributed by atoms with Crippen LogP contribution in [0.2, 0.25) is 0 Å². The van der Waals surface area contributed by atoms with E-state index in [4.69, 9.17) is 9.47 Å². The molecule has 1 aliphatic rings. The summed E-state index contributed by atoms with van der Waals surface area (Å²) in [4.78, 5) is 47.7. The van der Waals surface area contributed by atoms with E-state index in [0.29, 0.717) is 27.5 Å². The van der Waals surface area contributed by atoms with Gasteiger partial charge in [0, 0.05) is 10.4 Å². The Morgan fingerprint density at radius 1 is 1.05 bits per heavy atom. The van der Waals surface area contributed by atoms with Gasteiger partial charge in [-0.05, 0) is 70.2 Å². The number of H-pyrrole nitrogens is 1. The van der Waals surface area contributed by atoms with Crippen LogP contribution in [-0.4, -0.2) is 40.5 Å². The van der Waals surface area contributed by atoms with Gasteiger partial charge in [0.1, 0.15) is 10.8 Å². The molecule has 1 aliphatic carbocycles. The molecule has 0 bridgehead atoms. The second-order valence-corrected chi connectivity index (χ2v) is 10.8. The Morgan fingerprint density at radius 2 is 1.82 bits per heavy atom. The maximum atomic E-state index is 13.0. The number of carbonyl (C=O) groups is 3. The number of hydrogen-bond acceptors (Lipinski definition) is 7. The number of nitrogens with one attached hydrogen (secondary N) is 2. The molecule has 8 nitrogen and oxygen atoms in total. The molecule has 0 aliphatic heterocycles. The van der Waals surface area contributed by atoms with E-state index in [2.05, 4.69) is 15.3 Å². The number of nitrogens with zero attached hydrogens (tertiary/aromatic N) is 1. The Bertz CT molecular complexity index is 1540. The van der Waals surface area contributed by atoms with E-state index in [-0.39, 0.29) is 6.61 Å². The molecule has 2 N–H and O–H groups in total. The van der Waals surface area contributed by atoms with Crippen molar-refractivity contribution >= 4 is 45.2 Å². The molecule has 0 fully saturated rings. The Morgan fingerprint density at radius 3 is 2.59 bits per heavy atom. The van der Waals surface area contributed by atoms with Gasteiger partial charge in [-0.2, -0.15) is 0 Å². The van der Waals surface area contributed by atoms with E-state index in [0.717, 1.165) is 59.2 Å². The lowest BCUT2D eigenvalue weighted by Crippen LogP contribution is -2.30. The van der Waals surface area contributed by atoms with Crippen molar-refractivity contribution in [1.82, 2.24) is 9.97 Å². The molecule has 1 atom stereocenters. The van der Waals surface area contributed by atoms with Gasteiger partial charge < -0.3 is 19.8 Å². The second-order valence-electron chi connectivity index (χ2n) is 9.71. The lowest BCUT2D eigenvalue weighted by molar-refractivity contribution is -0.123. The molecule has 202 valence electrons. The van der Waals surface area contributed by atoms with Gasteiger partial charge in [0.15, 0.2) is 6.10 Å². The average Bonchev–Trinajstić information content (AvgIpc) is 3.42. The van der Waals surface area contributed by atoms with Gasteiger partial charge in [-0.3, -0.25) is 4.79 Å². The van der Waals surface area contributed by atoms with Crippen LogP contribution in [0, 0.1) is 6.92 Å². The summed E-state index contributed by atoms with van der Waals surface area (Å²) < 4.78 is 10.8. The van der Waals surface area contributed by atoms with Gasteiger partial charge in [0.25, 0.3) is 5.91 Å². The largest absolute Gasteiger partial charge is 0.462 e. The van der Waals surface area contributed by atoms with Gasteiger partial charge in [0.05, 0.1) is 28.8 Å². The topological polar surface area (TPSA) is 110 Å². The van der Waals surface area contributed by atoms with Crippen LogP contribution in [0.4, 0.5) is 5.00 Å². The van der Waals surface area contributed by atoms with E-state index in [1.165, 1.54) is 18.3 Å². The molecule has 1 amide bonds. The molecule has 0 spiro atoms. The molecule has 39 heavy (non-hydrogen) atoms. The molecule has 2 aromatic heterocycles. The first kappa shape index (κ1) is 26.6. The number of carbonyl (C=O) groups excluding carboxylic acids is 3. The number of aryl methyl sites for hydroxylation is 2. The number of benzene rings is 2. The standard InChI is InChI=1S/C30H31N3O5S/c1-4-37-30(36)25-21-8-6-5-7-9-24(21)39-28(25)33-27(34)18(3)38-29(35)20-14-15-22-23(16-20)32-26(31-22)19-12-10-17(2)11-13-19/h10-16,18H,4-9H2,1-3H3,(H,31,32)(H,33,34). The van der Waals surface area contributed by atoms with Crippen molar-refractivity contribution in [3.63, 3.8) is 0 Å². The first-order valence-electron chi connectivity index (χ1n) is 13.2. The van der Waals surface area contributed by atoms with Crippen molar-refractivity contribution in [2.45, 2.75) is 59.0 Å². The third-order valence-corrected chi connectivity index (χ3v) is 8.04. The van der Waals surface area contributed by atoms with Crippen molar-refractivity contribution in [2.75, 3.05) is 11.9 Å². The van der Waals surface area contributed by atoms with Gasteiger partial charge in [-0.15, -0.1) is 11.3 Å². The molecule has 4 aromatic rings. The number of aromatic nitrogens is 2. The SMILES string of the molecule is CCOC(=O)c1c(NC(=O)C(C)OC(=O)c2ccc3nc(-c4ccc(C)cc4)[nH]c3c2)sc2c1CCCCC2. The average molecular weight is 546 g/mol. The predicted octanol–water partition coefficient (Wildman–Crippen LogP) is 6.23. The van der Waals surface area contributed by atoms with Gasteiger partial charge >= 0.3 is 11.9 Å². The highest BCUT2D eigenvalue weighted by atomic mass is 32.1. The summed E-state index contributed by atoms with van der Waals surface area (Å²) in [5.41, 5.74) is 5.21. The summed E-state index contributed by atoms with van der Waals surface area (Å²) in [7, 11) is 0. The van der Waals surface area contributed by atoms with E-state index < -0.39 is 23.9 Å². The summed E-state index contributed by atoms with van der Waals surface area (Å²) in [5, 5.41) is 3.28. The highest BCUT2D eigenvalue weighted by Gasteiger charge is 2.28. The van der Waals surface area contributed by atoms with Crippen molar-refractivity contribution in [3.05, 3.63) is 69.6 Å². The number of hydrogen-bond donors (Lipinski definition) is 2.